The number of aliphatic hydroxyl groups is 1. The number of benzene rings is 1. The van der Waals surface area contributed by atoms with Crippen LogP contribution in [0.15, 0.2) is 24.3 Å². The molecule has 84 valence electrons. The molecule has 0 saturated carbocycles. The zero-order chi connectivity index (χ0) is 11.4. The van der Waals surface area contributed by atoms with E-state index in [4.69, 9.17) is 10.5 Å². The average Bonchev–Trinajstić information content (AvgIpc) is 2.27. The minimum Gasteiger partial charge on any atom is -0.497 e. The monoisotopic (exact) mass is 209 g/mol. The van der Waals surface area contributed by atoms with Crippen LogP contribution in [0.25, 0.3) is 0 Å². The first-order valence-electron chi connectivity index (χ1n) is 5.14. The van der Waals surface area contributed by atoms with Crippen LogP contribution >= 0.6 is 0 Å². The number of ether oxygens (including phenoxy) is 1. The number of hydrogen-bond acceptors (Lipinski definition) is 3. The van der Waals surface area contributed by atoms with E-state index in [2.05, 4.69) is 0 Å². The maximum Gasteiger partial charge on any atom is 0.119 e. The van der Waals surface area contributed by atoms with E-state index in [1.807, 2.05) is 38.1 Å². The first-order valence-corrected chi connectivity index (χ1v) is 5.14. The van der Waals surface area contributed by atoms with E-state index >= 15 is 0 Å². The smallest absolute Gasteiger partial charge is 0.119 e. The zero-order valence-electron chi connectivity index (χ0n) is 9.47. The fourth-order valence-corrected chi connectivity index (χ4v) is 1.41. The molecule has 0 spiro atoms. The predicted octanol–water partition coefficient (Wildman–Crippen LogP) is 1.71. The maximum atomic E-state index is 10.00. The lowest BCUT2D eigenvalue weighted by molar-refractivity contribution is 0.125. The van der Waals surface area contributed by atoms with Crippen molar-refractivity contribution in [2.75, 3.05) is 7.11 Å². The molecule has 0 aliphatic rings. The quantitative estimate of drug-likeness (QED) is 0.793. The van der Waals surface area contributed by atoms with Crippen molar-refractivity contribution in [1.82, 2.24) is 0 Å². The SMILES string of the molecule is COc1cccc(C(O)C(N)C(C)C)c1. The molecule has 0 fully saturated rings. The van der Waals surface area contributed by atoms with Gasteiger partial charge in [-0.2, -0.15) is 0 Å². The third-order valence-corrected chi connectivity index (χ3v) is 2.57. The molecule has 0 bridgehead atoms. The average molecular weight is 209 g/mol. The van der Waals surface area contributed by atoms with Crippen LogP contribution in [0, 0.1) is 5.92 Å². The third-order valence-electron chi connectivity index (χ3n) is 2.57. The van der Waals surface area contributed by atoms with E-state index in [9.17, 15) is 5.11 Å². The highest BCUT2D eigenvalue weighted by Crippen LogP contribution is 2.23. The number of hydrogen-bond donors (Lipinski definition) is 2. The van der Waals surface area contributed by atoms with Crippen LogP contribution in [0.2, 0.25) is 0 Å². The number of nitrogens with two attached hydrogens (primary N) is 1. The Hall–Kier alpha value is -1.06. The van der Waals surface area contributed by atoms with Gasteiger partial charge in [0.1, 0.15) is 5.75 Å². The van der Waals surface area contributed by atoms with Gasteiger partial charge in [0.25, 0.3) is 0 Å². The summed E-state index contributed by atoms with van der Waals surface area (Å²) < 4.78 is 5.09. The molecule has 0 amide bonds. The van der Waals surface area contributed by atoms with Gasteiger partial charge >= 0.3 is 0 Å². The van der Waals surface area contributed by atoms with Gasteiger partial charge in [0.2, 0.25) is 0 Å². The molecule has 1 aromatic carbocycles. The lowest BCUT2D eigenvalue weighted by atomic mass is 9.94. The number of aliphatic hydroxyl groups excluding tert-OH is 1. The molecule has 2 atom stereocenters. The summed E-state index contributed by atoms with van der Waals surface area (Å²) in [5, 5.41) is 10.00. The molecule has 1 rings (SSSR count). The van der Waals surface area contributed by atoms with Crippen LogP contribution in [0.4, 0.5) is 0 Å². The van der Waals surface area contributed by atoms with Gasteiger partial charge in [-0.25, -0.2) is 0 Å². The number of rotatable bonds is 4. The van der Waals surface area contributed by atoms with E-state index < -0.39 is 6.10 Å². The fourth-order valence-electron chi connectivity index (χ4n) is 1.41. The topological polar surface area (TPSA) is 55.5 Å². The molecule has 0 aliphatic carbocycles. The molecule has 0 aliphatic heterocycles. The van der Waals surface area contributed by atoms with Gasteiger partial charge < -0.3 is 15.6 Å². The van der Waals surface area contributed by atoms with Crippen molar-refractivity contribution in [3.63, 3.8) is 0 Å². The lowest BCUT2D eigenvalue weighted by Gasteiger charge is -2.22. The van der Waals surface area contributed by atoms with Crippen molar-refractivity contribution in [3.05, 3.63) is 29.8 Å². The Morgan fingerprint density at radius 1 is 1.33 bits per heavy atom. The van der Waals surface area contributed by atoms with Gasteiger partial charge in [-0.3, -0.25) is 0 Å². The molecule has 0 saturated heterocycles. The second-order valence-electron chi connectivity index (χ2n) is 4.04. The predicted molar refractivity (Wildman–Crippen MR) is 60.8 cm³/mol. The first kappa shape index (κ1) is 12.0. The van der Waals surface area contributed by atoms with E-state index in [0.29, 0.717) is 0 Å². The van der Waals surface area contributed by atoms with Crippen molar-refractivity contribution in [2.45, 2.75) is 26.0 Å². The molecule has 3 heteroatoms. The molecular formula is C12H19NO2. The Balaban J connectivity index is 2.85. The Bertz CT molecular complexity index is 312. The summed E-state index contributed by atoms with van der Waals surface area (Å²) >= 11 is 0. The zero-order valence-corrected chi connectivity index (χ0v) is 9.47. The Morgan fingerprint density at radius 3 is 2.53 bits per heavy atom. The van der Waals surface area contributed by atoms with Crippen molar-refractivity contribution >= 4 is 0 Å². The molecule has 3 N–H and O–H groups in total. The summed E-state index contributed by atoms with van der Waals surface area (Å²) in [7, 11) is 1.61. The first-order chi connectivity index (χ1) is 7.06. The highest BCUT2D eigenvalue weighted by molar-refractivity contribution is 5.30. The van der Waals surface area contributed by atoms with Crippen molar-refractivity contribution < 1.29 is 9.84 Å². The molecule has 0 heterocycles. The second-order valence-corrected chi connectivity index (χ2v) is 4.04. The summed E-state index contributed by atoms with van der Waals surface area (Å²) in [6.07, 6.45) is -0.639. The Morgan fingerprint density at radius 2 is 2.00 bits per heavy atom. The largest absolute Gasteiger partial charge is 0.497 e. The molecule has 2 unspecified atom stereocenters. The minimum atomic E-state index is -0.639. The van der Waals surface area contributed by atoms with Gasteiger partial charge in [0, 0.05) is 6.04 Å². The maximum absolute atomic E-state index is 10.00. The summed E-state index contributed by atoms with van der Waals surface area (Å²) in [5.74, 6) is 0.980. The van der Waals surface area contributed by atoms with Crippen LogP contribution in [0.5, 0.6) is 5.75 Å². The Labute approximate surface area is 90.9 Å². The standard InChI is InChI=1S/C12H19NO2/c1-8(2)11(13)12(14)9-5-4-6-10(7-9)15-3/h4-8,11-12,14H,13H2,1-3H3. The molecule has 0 radical (unpaired) electrons. The molecule has 3 nitrogen and oxygen atoms in total. The summed E-state index contributed by atoms with van der Waals surface area (Å²) in [6, 6.07) is 7.11. The molecular weight excluding hydrogens is 190 g/mol. The number of methoxy groups -OCH3 is 1. The van der Waals surface area contributed by atoms with Crippen LogP contribution in [0.1, 0.15) is 25.5 Å². The van der Waals surface area contributed by atoms with Crippen molar-refractivity contribution in [1.29, 1.82) is 0 Å². The van der Waals surface area contributed by atoms with Gasteiger partial charge in [0.05, 0.1) is 13.2 Å². The molecule has 0 aromatic heterocycles. The fraction of sp³-hybridized carbons (Fsp3) is 0.500. The summed E-state index contributed by atoms with van der Waals surface area (Å²) in [6.45, 7) is 3.99. The van der Waals surface area contributed by atoms with Crippen LogP contribution in [0.3, 0.4) is 0 Å². The van der Waals surface area contributed by atoms with Crippen molar-refractivity contribution in [3.8, 4) is 5.75 Å². The Kier molecular flexibility index (Phi) is 4.12. The second kappa shape index (κ2) is 5.14. The van der Waals surface area contributed by atoms with Crippen LogP contribution in [-0.4, -0.2) is 18.3 Å². The van der Waals surface area contributed by atoms with E-state index in [-0.39, 0.29) is 12.0 Å². The van der Waals surface area contributed by atoms with Crippen LogP contribution in [-0.2, 0) is 0 Å². The lowest BCUT2D eigenvalue weighted by Crippen LogP contribution is -2.33. The van der Waals surface area contributed by atoms with E-state index in [1.54, 1.807) is 7.11 Å². The van der Waals surface area contributed by atoms with Gasteiger partial charge in [0.15, 0.2) is 0 Å². The highest BCUT2D eigenvalue weighted by Gasteiger charge is 2.20. The minimum absolute atomic E-state index is 0.242. The summed E-state index contributed by atoms with van der Waals surface area (Å²) in [5.41, 5.74) is 6.69. The van der Waals surface area contributed by atoms with E-state index in [0.717, 1.165) is 11.3 Å². The van der Waals surface area contributed by atoms with Crippen molar-refractivity contribution in [2.24, 2.45) is 11.7 Å². The van der Waals surface area contributed by atoms with Gasteiger partial charge in [-0.05, 0) is 23.6 Å². The third kappa shape index (κ3) is 2.94. The molecule has 1 aromatic rings. The molecule has 15 heavy (non-hydrogen) atoms. The highest BCUT2D eigenvalue weighted by atomic mass is 16.5. The normalized spacial score (nSPS) is 15.1. The summed E-state index contributed by atoms with van der Waals surface area (Å²) in [4.78, 5) is 0. The van der Waals surface area contributed by atoms with Gasteiger partial charge in [-0.1, -0.05) is 26.0 Å². The van der Waals surface area contributed by atoms with E-state index in [1.165, 1.54) is 0 Å². The van der Waals surface area contributed by atoms with Gasteiger partial charge in [-0.15, -0.1) is 0 Å². The van der Waals surface area contributed by atoms with Crippen LogP contribution < -0.4 is 10.5 Å².